The molecule has 128 valence electrons. The molecule has 1 amide bonds. The number of imidazole rings is 1. The van der Waals surface area contributed by atoms with E-state index in [1.54, 1.807) is 68.0 Å². The van der Waals surface area contributed by atoms with Gasteiger partial charge in [0.15, 0.2) is 0 Å². The van der Waals surface area contributed by atoms with E-state index in [0.29, 0.717) is 22.1 Å². The Morgan fingerprint density at radius 1 is 1.08 bits per heavy atom. The number of methoxy groups -OCH3 is 1. The Morgan fingerprint density at radius 3 is 2.40 bits per heavy atom. The third-order valence-corrected chi connectivity index (χ3v) is 3.89. The zero-order chi connectivity index (χ0) is 17.8. The summed E-state index contributed by atoms with van der Waals surface area (Å²) in [6, 6.07) is 13.9. The van der Waals surface area contributed by atoms with Crippen LogP contribution in [0.5, 0.6) is 5.75 Å². The van der Waals surface area contributed by atoms with Crippen LogP contribution in [0.1, 0.15) is 0 Å². The van der Waals surface area contributed by atoms with Crippen LogP contribution in [0, 0.1) is 0 Å². The Morgan fingerprint density at radius 2 is 1.76 bits per heavy atom. The molecule has 0 aliphatic carbocycles. The van der Waals surface area contributed by atoms with Gasteiger partial charge in [-0.25, -0.2) is 4.79 Å². The fourth-order valence-electron chi connectivity index (χ4n) is 2.36. The van der Waals surface area contributed by atoms with E-state index in [2.05, 4.69) is 5.32 Å². The third kappa shape index (κ3) is 3.92. The van der Waals surface area contributed by atoms with Gasteiger partial charge in [0.2, 0.25) is 5.91 Å². The Kier molecular flexibility index (Phi) is 4.90. The Hall–Kier alpha value is -2.99. The average molecular weight is 358 g/mol. The van der Waals surface area contributed by atoms with E-state index < -0.39 is 0 Å². The highest BCUT2D eigenvalue weighted by atomic mass is 35.5. The molecule has 0 radical (unpaired) electrons. The van der Waals surface area contributed by atoms with Crippen molar-refractivity contribution >= 4 is 23.2 Å². The van der Waals surface area contributed by atoms with Crippen LogP contribution >= 0.6 is 11.6 Å². The number of anilines is 1. The quantitative estimate of drug-likeness (QED) is 0.763. The first-order valence-electron chi connectivity index (χ1n) is 7.54. The molecule has 0 fully saturated rings. The van der Waals surface area contributed by atoms with E-state index >= 15 is 0 Å². The summed E-state index contributed by atoms with van der Waals surface area (Å²) in [5.74, 6) is 0.412. The van der Waals surface area contributed by atoms with Crippen LogP contribution in [0.3, 0.4) is 0 Å². The molecule has 1 heterocycles. The van der Waals surface area contributed by atoms with Crippen LogP contribution in [-0.4, -0.2) is 22.2 Å². The SMILES string of the molecule is COc1ccc(NC(=O)Cn2ccn(-c3ccc(Cl)cc3)c2=O)cc1. The van der Waals surface area contributed by atoms with Gasteiger partial charge in [-0.15, -0.1) is 0 Å². The first-order chi connectivity index (χ1) is 12.1. The molecule has 2 aromatic carbocycles. The van der Waals surface area contributed by atoms with Crippen LogP contribution in [0.25, 0.3) is 5.69 Å². The van der Waals surface area contributed by atoms with Gasteiger partial charge >= 0.3 is 5.69 Å². The maximum Gasteiger partial charge on any atom is 0.333 e. The van der Waals surface area contributed by atoms with Gasteiger partial charge in [-0.1, -0.05) is 11.6 Å². The number of benzene rings is 2. The Balaban J connectivity index is 1.71. The van der Waals surface area contributed by atoms with Crippen LogP contribution in [-0.2, 0) is 11.3 Å². The predicted molar refractivity (Wildman–Crippen MR) is 96.7 cm³/mol. The minimum absolute atomic E-state index is 0.0779. The molecule has 3 rings (SSSR count). The lowest BCUT2D eigenvalue weighted by atomic mass is 10.3. The number of hydrogen-bond donors (Lipinski definition) is 1. The van der Waals surface area contributed by atoms with Crippen LogP contribution in [0.2, 0.25) is 5.02 Å². The summed E-state index contributed by atoms with van der Waals surface area (Å²) < 4.78 is 7.86. The monoisotopic (exact) mass is 357 g/mol. The summed E-state index contributed by atoms with van der Waals surface area (Å²) in [6.45, 7) is -0.0779. The number of hydrogen-bond acceptors (Lipinski definition) is 3. The molecule has 7 heteroatoms. The molecule has 0 atom stereocenters. The van der Waals surface area contributed by atoms with Crippen LogP contribution in [0.4, 0.5) is 5.69 Å². The summed E-state index contributed by atoms with van der Waals surface area (Å²) in [5, 5.41) is 3.34. The summed E-state index contributed by atoms with van der Waals surface area (Å²) in [7, 11) is 1.57. The van der Waals surface area contributed by atoms with Gasteiger partial charge in [-0.05, 0) is 48.5 Å². The fraction of sp³-hybridized carbons (Fsp3) is 0.111. The average Bonchev–Trinajstić information content (AvgIpc) is 2.97. The molecule has 0 saturated heterocycles. The Bertz CT molecular complexity index is 927. The summed E-state index contributed by atoms with van der Waals surface area (Å²) >= 11 is 5.86. The second kappa shape index (κ2) is 7.27. The number of carbonyl (C=O) groups excluding carboxylic acids is 1. The molecule has 0 saturated carbocycles. The number of ether oxygens (including phenoxy) is 1. The Labute approximate surface area is 149 Å². The van der Waals surface area contributed by atoms with E-state index in [-0.39, 0.29) is 18.1 Å². The molecule has 0 aliphatic heterocycles. The van der Waals surface area contributed by atoms with Gasteiger partial charge < -0.3 is 10.1 Å². The predicted octanol–water partition coefficient (Wildman–Crippen LogP) is 2.94. The lowest BCUT2D eigenvalue weighted by Crippen LogP contribution is -2.28. The maximum absolute atomic E-state index is 12.4. The summed E-state index contributed by atoms with van der Waals surface area (Å²) in [5.41, 5.74) is 1.02. The highest BCUT2D eigenvalue weighted by molar-refractivity contribution is 6.30. The van der Waals surface area contributed by atoms with Crippen molar-refractivity contribution in [1.82, 2.24) is 9.13 Å². The number of halogens is 1. The number of aromatic nitrogens is 2. The molecule has 0 unspecified atom stereocenters. The van der Waals surface area contributed by atoms with Gasteiger partial charge in [0.1, 0.15) is 12.3 Å². The van der Waals surface area contributed by atoms with Crippen molar-refractivity contribution in [3.8, 4) is 11.4 Å². The molecule has 0 bridgehead atoms. The zero-order valence-corrected chi connectivity index (χ0v) is 14.2. The number of nitrogens with one attached hydrogen (secondary N) is 1. The smallest absolute Gasteiger partial charge is 0.333 e. The van der Waals surface area contributed by atoms with Crippen molar-refractivity contribution < 1.29 is 9.53 Å². The fourth-order valence-corrected chi connectivity index (χ4v) is 2.49. The van der Waals surface area contributed by atoms with Gasteiger partial charge in [-0.3, -0.25) is 13.9 Å². The number of rotatable bonds is 5. The van der Waals surface area contributed by atoms with Crippen LogP contribution < -0.4 is 15.7 Å². The van der Waals surface area contributed by atoms with Crippen molar-refractivity contribution in [2.45, 2.75) is 6.54 Å². The molecule has 6 nitrogen and oxygen atoms in total. The number of carbonyl (C=O) groups is 1. The molecular formula is C18H16ClN3O3. The van der Waals surface area contributed by atoms with Crippen molar-refractivity contribution in [3.63, 3.8) is 0 Å². The molecular weight excluding hydrogens is 342 g/mol. The third-order valence-electron chi connectivity index (χ3n) is 3.64. The minimum atomic E-state index is -0.299. The molecule has 1 N–H and O–H groups in total. The first-order valence-corrected chi connectivity index (χ1v) is 7.92. The lowest BCUT2D eigenvalue weighted by molar-refractivity contribution is -0.116. The van der Waals surface area contributed by atoms with Gasteiger partial charge in [-0.2, -0.15) is 0 Å². The van der Waals surface area contributed by atoms with E-state index in [0.717, 1.165) is 0 Å². The van der Waals surface area contributed by atoms with Crippen molar-refractivity contribution in [1.29, 1.82) is 0 Å². The van der Waals surface area contributed by atoms with Crippen molar-refractivity contribution in [2.75, 3.05) is 12.4 Å². The standard InChI is InChI=1S/C18H16ClN3O3/c1-25-16-8-4-14(5-9-16)20-17(23)12-21-10-11-22(18(21)24)15-6-2-13(19)3-7-15/h2-11H,12H2,1H3,(H,20,23). The van der Waals surface area contributed by atoms with E-state index in [1.807, 2.05) is 0 Å². The van der Waals surface area contributed by atoms with Gasteiger partial charge in [0, 0.05) is 23.1 Å². The van der Waals surface area contributed by atoms with E-state index in [9.17, 15) is 9.59 Å². The zero-order valence-electron chi connectivity index (χ0n) is 13.5. The summed E-state index contributed by atoms with van der Waals surface area (Å²) in [4.78, 5) is 24.6. The second-order valence-electron chi connectivity index (χ2n) is 5.33. The number of amides is 1. The maximum atomic E-state index is 12.4. The largest absolute Gasteiger partial charge is 0.497 e. The molecule has 3 aromatic rings. The lowest BCUT2D eigenvalue weighted by Gasteiger charge is -2.06. The second-order valence-corrected chi connectivity index (χ2v) is 5.77. The van der Waals surface area contributed by atoms with Crippen LogP contribution in [0.15, 0.2) is 65.7 Å². The molecule has 0 spiro atoms. The molecule has 0 aliphatic rings. The normalized spacial score (nSPS) is 10.5. The summed E-state index contributed by atoms with van der Waals surface area (Å²) in [6.07, 6.45) is 3.19. The molecule has 1 aromatic heterocycles. The first kappa shape index (κ1) is 16.9. The van der Waals surface area contributed by atoms with Gasteiger partial charge in [0.05, 0.1) is 12.8 Å². The topological polar surface area (TPSA) is 65.3 Å². The highest BCUT2D eigenvalue weighted by Crippen LogP contribution is 2.15. The molecule has 25 heavy (non-hydrogen) atoms. The highest BCUT2D eigenvalue weighted by Gasteiger charge is 2.09. The van der Waals surface area contributed by atoms with Crippen molar-refractivity contribution in [2.24, 2.45) is 0 Å². The van der Waals surface area contributed by atoms with E-state index in [4.69, 9.17) is 16.3 Å². The number of nitrogens with zero attached hydrogens (tertiary/aromatic N) is 2. The minimum Gasteiger partial charge on any atom is -0.497 e. The van der Waals surface area contributed by atoms with Gasteiger partial charge in [0.25, 0.3) is 0 Å². The van der Waals surface area contributed by atoms with Crippen molar-refractivity contribution in [3.05, 3.63) is 76.4 Å². The van der Waals surface area contributed by atoms with E-state index in [1.165, 1.54) is 9.13 Å².